The van der Waals surface area contributed by atoms with Crippen molar-refractivity contribution < 1.29 is 0 Å². The van der Waals surface area contributed by atoms with Crippen molar-refractivity contribution in [2.24, 2.45) is 0 Å². The Balaban J connectivity index is 1.36. The van der Waals surface area contributed by atoms with Gasteiger partial charge in [0.15, 0.2) is 5.65 Å². The fourth-order valence-corrected chi connectivity index (χ4v) is 7.16. The van der Waals surface area contributed by atoms with E-state index >= 15 is 0 Å². The summed E-state index contributed by atoms with van der Waals surface area (Å²) in [5, 5.41) is 6.02. The Kier molecular flexibility index (Phi) is 3.92. The summed E-state index contributed by atoms with van der Waals surface area (Å²) < 4.78 is 4.59. The number of hydrogen-bond acceptors (Lipinski definition) is 3. The SMILES string of the molecule is c1ccc(-n2c3ccccc3c3c4c(ccc32)Cc2cc3c(cc2-4)c2cnccc2n2c4ncccc4nc32)cc1. The maximum absolute atomic E-state index is 5.07. The molecule has 0 saturated carbocycles. The quantitative estimate of drug-likeness (QED) is 0.204. The number of pyridine rings is 3. The molecule has 0 N–H and O–H groups in total. The summed E-state index contributed by atoms with van der Waals surface area (Å²) in [5.74, 6) is 0. The first-order valence-electron chi connectivity index (χ1n) is 13.9. The highest BCUT2D eigenvalue weighted by molar-refractivity contribution is 6.20. The molecule has 0 spiro atoms. The zero-order valence-electron chi connectivity index (χ0n) is 21.9. The highest BCUT2D eigenvalue weighted by Crippen LogP contribution is 2.48. The van der Waals surface area contributed by atoms with Crippen molar-refractivity contribution in [2.75, 3.05) is 0 Å². The van der Waals surface area contributed by atoms with E-state index in [1.807, 2.05) is 30.7 Å². The average molecular weight is 524 g/mol. The first-order valence-corrected chi connectivity index (χ1v) is 13.9. The topological polar surface area (TPSA) is 48.0 Å². The minimum absolute atomic E-state index is 0.875. The van der Waals surface area contributed by atoms with Gasteiger partial charge < -0.3 is 4.57 Å². The van der Waals surface area contributed by atoms with Gasteiger partial charge in [-0.3, -0.25) is 9.38 Å². The van der Waals surface area contributed by atoms with E-state index < -0.39 is 0 Å². The van der Waals surface area contributed by atoms with Crippen molar-refractivity contribution in [2.45, 2.75) is 6.42 Å². The van der Waals surface area contributed by atoms with E-state index in [2.05, 4.69) is 98.9 Å². The van der Waals surface area contributed by atoms with Crippen LogP contribution in [0.1, 0.15) is 11.1 Å². The number of rotatable bonds is 1. The van der Waals surface area contributed by atoms with Gasteiger partial charge in [-0.1, -0.05) is 42.5 Å². The van der Waals surface area contributed by atoms with E-state index in [4.69, 9.17) is 9.97 Å². The summed E-state index contributed by atoms with van der Waals surface area (Å²) in [6.07, 6.45) is 6.57. The molecule has 5 heterocycles. The third-order valence-electron chi connectivity index (χ3n) is 8.82. The molecule has 190 valence electrons. The molecule has 0 saturated heterocycles. The van der Waals surface area contributed by atoms with Gasteiger partial charge in [-0.2, -0.15) is 0 Å². The Morgan fingerprint density at radius 2 is 1.51 bits per heavy atom. The molecule has 1 aliphatic rings. The van der Waals surface area contributed by atoms with Crippen LogP contribution in [0.4, 0.5) is 0 Å². The van der Waals surface area contributed by atoms with Gasteiger partial charge in [0.25, 0.3) is 0 Å². The molecule has 0 atom stereocenters. The Labute approximate surface area is 234 Å². The molecule has 0 radical (unpaired) electrons. The average Bonchev–Trinajstić information content (AvgIpc) is 3.70. The van der Waals surface area contributed by atoms with E-state index in [-0.39, 0.29) is 0 Å². The van der Waals surface area contributed by atoms with Crippen LogP contribution in [0.25, 0.3) is 77.1 Å². The fourth-order valence-electron chi connectivity index (χ4n) is 7.16. The predicted octanol–water partition coefficient (Wildman–Crippen LogP) is 8.25. The molecule has 0 fully saturated rings. The van der Waals surface area contributed by atoms with E-state index in [1.54, 1.807) is 0 Å². The summed E-state index contributed by atoms with van der Waals surface area (Å²) in [7, 11) is 0. The van der Waals surface area contributed by atoms with Gasteiger partial charge >= 0.3 is 0 Å². The van der Waals surface area contributed by atoms with Gasteiger partial charge in [-0.05, 0) is 88.7 Å². The van der Waals surface area contributed by atoms with Gasteiger partial charge in [0.2, 0.25) is 0 Å². The second-order valence-corrected chi connectivity index (χ2v) is 10.9. The Morgan fingerprint density at radius 1 is 0.610 bits per heavy atom. The van der Waals surface area contributed by atoms with E-state index in [0.717, 1.165) is 39.5 Å². The van der Waals surface area contributed by atoms with Gasteiger partial charge in [-0.15, -0.1) is 0 Å². The molecule has 10 rings (SSSR count). The van der Waals surface area contributed by atoms with Gasteiger partial charge in [0, 0.05) is 45.8 Å². The molecule has 5 nitrogen and oxygen atoms in total. The molecule has 1 aliphatic carbocycles. The molecular weight excluding hydrogens is 502 g/mol. The lowest BCUT2D eigenvalue weighted by molar-refractivity contribution is 1.18. The number of para-hydroxylation sites is 2. The second kappa shape index (κ2) is 7.55. The minimum Gasteiger partial charge on any atom is -0.309 e. The van der Waals surface area contributed by atoms with E-state index in [9.17, 15) is 0 Å². The highest BCUT2D eigenvalue weighted by Gasteiger charge is 2.26. The lowest BCUT2D eigenvalue weighted by atomic mass is 9.96. The molecule has 0 unspecified atom stereocenters. The maximum atomic E-state index is 5.07. The summed E-state index contributed by atoms with van der Waals surface area (Å²) in [6.45, 7) is 0. The van der Waals surface area contributed by atoms with Crippen molar-refractivity contribution in [3.8, 4) is 16.8 Å². The lowest BCUT2D eigenvalue weighted by Gasteiger charge is -2.11. The van der Waals surface area contributed by atoms with Crippen LogP contribution in [-0.2, 0) is 6.42 Å². The molecular formula is C36H21N5. The van der Waals surface area contributed by atoms with E-state index in [0.29, 0.717) is 0 Å². The van der Waals surface area contributed by atoms with E-state index in [1.165, 1.54) is 55.1 Å². The van der Waals surface area contributed by atoms with Crippen molar-refractivity contribution in [3.05, 3.63) is 127 Å². The zero-order chi connectivity index (χ0) is 26.7. The van der Waals surface area contributed by atoms with Crippen LogP contribution in [0.3, 0.4) is 0 Å². The largest absolute Gasteiger partial charge is 0.309 e. The first-order chi connectivity index (χ1) is 20.3. The molecule has 5 heteroatoms. The normalized spacial score (nSPS) is 12.8. The smallest absolute Gasteiger partial charge is 0.164 e. The monoisotopic (exact) mass is 523 g/mol. The molecule has 41 heavy (non-hydrogen) atoms. The lowest BCUT2D eigenvalue weighted by Crippen LogP contribution is -1.94. The molecule has 0 bridgehead atoms. The molecule has 0 amide bonds. The third-order valence-corrected chi connectivity index (χ3v) is 8.82. The predicted molar refractivity (Wildman–Crippen MR) is 166 cm³/mol. The number of aromatic nitrogens is 5. The Morgan fingerprint density at radius 3 is 2.46 bits per heavy atom. The molecule has 9 aromatic rings. The van der Waals surface area contributed by atoms with Gasteiger partial charge in [-0.25, -0.2) is 9.97 Å². The molecule has 5 aromatic heterocycles. The minimum atomic E-state index is 0.875. The van der Waals surface area contributed by atoms with Crippen LogP contribution in [0, 0.1) is 0 Å². The Bertz CT molecular complexity index is 2550. The highest BCUT2D eigenvalue weighted by atomic mass is 15.1. The van der Waals surface area contributed by atoms with Gasteiger partial charge in [0.1, 0.15) is 11.2 Å². The second-order valence-electron chi connectivity index (χ2n) is 10.9. The summed E-state index contributed by atoms with van der Waals surface area (Å²) in [5.41, 5.74) is 12.8. The van der Waals surface area contributed by atoms with Crippen LogP contribution in [0.5, 0.6) is 0 Å². The zero-order valence-corrected chi connectivity index (χ0v) is 21.9. The molecule has 4 aromatic carbocycles. The van der Waals surface area contributed by atoms with Crippen LogP contribution >= 0.6 is 0 Å². The Hall–Kier alpha value is -5.55. The molecule has 0 aliphatic heterocycles. The van der Waals surface area contributed by atoms with Gasteiger partial charge in [0.05, 0.1) is 16.6 Å². The van der Waals surface area contributed by atoms with Crippen LogP contribution in [-0.4, -0.2) is 23.9 Å². The maximum Gasteiger partial charge on any atom is 0.164 e. The number of imidazole rings is 1. The van der Waals surface area contributed by atoms with Crippen LogP contribution < -0.4 is 0 Å². The van der Waals surface area contributed by atoms with Crippen LogP contribution in [0.15, 0.2) is 116 Å². The number of benzene rings is 4. The third kappa shape index (κ3) is 2.68. The summed E-state index contributed by atoms with van der Waals surface area (Å²) in [4.78, 5) is 14.3. The van der Waals surface area contributed by atoms with Crippen LogP contribution in [0.2, 0.25) is 0 Å². The number of fused-ring (bicyclic) bond motifs is 15. The van der Waals surface area contributed by atoms with Crippen molar-refractivity contribution in [3.63, 3.8) is 0 Å². The number of nitrogens with zero attached hydrogens (tertiary/aromatic N) is 5. The first kappa shape index (κ1) is 21.3. The summed E-state index contributed by atoms with van der Waals surface area (Å²) in [6, 6.07) is 34.9. The standard InChI is InChI=1S/C36H21N5/c1-2-7-23(8-3-1)40-30-11-5-4-9-24(30)34-32(40)13-12-21-17-22-18-27-26(19-25(22)33(21)34)28-20-37-16-14-31(28)41-35(27)39-29-10-6-15-38-36(29)41/h1-16,18-20H,17H2. The number of hydrogen-bond donors (Lipinski definition) is 0. The van der Waals surface area contributed by atoms with Crippen molar-refractivity contribution >= 4 is 60.3 Å². The van der Waals surface area contributed by atoms with Crippen molar-refractivity contribution in [1.82, 2.24) is 23.9 Å². The fraction of sp³-hybridized carbons (Fsp3) is 0.0278. The summed E-state index contributed by atoms with van der Waals surface area (Å²) >= 11 is 0. The van der Waals surface area contributed by atoms with Crippen molar-refractivity contribution in [1.29, 1.82) is 0 Å².